The maximum atomic E-state index is 5.05. The summed E-state index contributed by atoms with van der Waals surface area (Å²) < 4.78 is 5.05. The van der Waals surface area contributed by atoms with Crippen molar-refractivity contribution in [3.05, 3.63) is 12.3 Å². The number of hydrogen-bond donors (Lipinski definition) is 0. The molecule has 0 heterocycles. The Morgan fingerprint density at radius 2 is 1.90 bits per heavy atom. The molecule has 122 valence electrons. The zero-order valence-electron chi connectivity index (χ0n) is 14.2. The average Bonchev–Trinajstić information content (AvgIpc) is 2.49. The topological polar surface area (TPSA) is 40.4 Å². The second-order valence-electron chi connectivity index (χ2n) is 4.83. The highest BCUT2D eigenvalue weighted by molar-refractivity contribution is 5.75. The molecule has 0 saturated heterocycles. The first-order valence-corrected chi connectivity index (χ1v) is 7.86. The minimum Gasteiger partial charge on any atom is -0.385 e. The Morgan fingerprint density at radius 1 is 1.10 bits per heavy atom. The zero-order valence-corrected chi connectivity index (χ0v) is 14.2. The molecule has 5 heteroatoms. The lowest BCUT2D eigenvalue weighted by Crippen LogP contribution is -2.24. The highest BCUT2D eigenvalue weighted by atomic mass is 16.5. The Hall–Kier alpha value is -1.20. The number of rotatable bonds is 13. The van der Waals surface area contributed by atoms with Gasteiger partial charge in [-0.15, -0.1) is 0 Å². The van der Waals surface area contributed by atoms with Crippen LogP contribution in [0.25, 0.3) is 0 Å². The van der Waals surface area contributed by atoms with Crippen molar-refractivity contribution in [3.8, 4) is 0 Å². The fourth-order valence-corrected chi connectivity index (χ4v) is 1.95. The summed E-state index contributed by atoms with van der Waals surface area (Å²) in [6.07, 6.45) is 10.8. The van der Waals surface area contributed by atoms with E-state index in [-0.39, 0.29) is 0 Å². The monoisotopic (exact) mass is 296 g/mol. The second kappa shape index (κ2) is 15.2. The summed E-state index contributed by atoms with van der Waals surface area (Å²) in [5.41, 5.74) is 0. The molecule has 0 saturated carbocycles. The van der Waals surface area contributed by atoms with Gasteiger partial charge in [0.2, 0.25) is 0 Å². The van der Waals surface area contributed by atoms with E-state index in [1.165, 1.54) is 13.0 Å². The van der Waals surface area contributed by atoms with E-state index in [2.05, 4.69) is 34.8 Å². The molecule has 0 aliphatic heterocycles. The molecule has 0 unspecified atom stereocenters. The van der Waals surface area contributed by atoms with E-state index in [1.54, 1.807) is 20.5 Å². The molecular formula is C16H32N4O. The molecular weight excluding hydrogens is 264 g/mol. The van der Waals surface area contributed by atoms with Crippen molar-refractivity contribution >= 4 is 12.7 Å². The first kappa shape index (κ1) is 19.8. The normalized spacial score (nSPS) is 12.4. The van der Waals surface area contributed by atoms with Gasteiger partial charge >= 0.3 is 0 Å². The Labute approximate surface area is 130 Å². The van der Waals surface area contributed by atoms with Gasteiger partial charge in [-0.05, 0) is 32.4 Å². The van der Waals surface area contributed by atoms with Gasteiger partial charge in [0.25, 0.3) is 0 Å². The predicted octanol–water partition coefficient (Wildman–Crippen LogP) is 2.65. The number of methoxy groups -OCH3 is 1. The van der Waals surface area contributed by atoms with Gasteiger partial charge in [0.1, 0.15) is 0 Å². The fourth-order valence-electron chi connectivity index (χ4n) is 1.95. The lowest BCUT2D eigenvalue weighted by Gasteiger charge is -2.17. The van der Waals surface area contributed by atoms with Crippen LogP contribution >= 0.6 is 0 Å². The summed E-state index contributed by atoms with van der Waals surface area (Å²) in [6.45, 7) is 9.43. The predicted molar refractivity (Wildman–Crippen MR) is 92.3 cm³/mol. The van der Waals surface area contributed by atoms with Crippen molar-refractivity contribution in [1.82, 2.24) is 9.80 Å². The van der Waals surface area contributed by atoms with Crippen LogP contribution in [0.3, 0.4) is 0 Å². The van der Waals surface area contributed by atoms with Crippen LogP contribution in [0.5, 0.6) is 0 Å². The minimum atomic E-state index is 0.752. The van der Waals surface area contributed by atoms with Crippen LogP contribution in [0, 0.1) is 0 Å². The van der Waals surface area contributed by atoms with E-state index >= 15 is 0 Å². The number of ether oxygens (including phenoxy) is 1. The molecule has 0 fully saturated rings. The second-order valence-corrected chi connectivity index (χ2v) is 4.83. The molecule has 0 bridgehead atoms. The van der Waals surface area contributed by atoms with Crippen molar-refractivity contribution in [2.24, 2.45) is 9.98 Å². The molecule has 0 rings (SSSR count). The number of hydrogen-bond acceptors (Lipinski definition) is 4. The Morgan fingerprint density at radius 3 is 2.52 bits per heavy atom. The van der Waals surface area contributed by atoms with Crippen molar-refractivity contribution in [2.75, 3.05) is 46.9 Å². The van der Waals surface area contributed by atoms with Crippen LogP contribution in [0.15, 0.2) is 22.3 Å². The molecule has 0 amide bonds. The first-order chi connectivity index (χ1) is 10.3. The summed E-state index contributed by atoms with van der Waals surface area (Å²) in [5.74, 6) is 0. The standard InChI is InChI=1S/C16H32N4O/c1-5-11-19(6-2)12-8-7-10-18-16-20(15-17-3)13-9-14-21-4/h7,10,15-16H,5-6,8-9,11-14H2,1-4H3. The van der Waals surface area contributed by atoms with Gasteiger partial charge in [-0.3, -0.25) is 4.99 Å². The SMILES string of the molecule is CCCN(CC)CCC=CN=CN(C=NC)CCCOC. The van der Waals surface area contributed by atoms with Gasteiger partial charge in [-0.1, -0.05) is 19.9 Å². The van der Waals surface area contributed by atoms with E-state index in [0.29, 0.717) is 0 Å². The molecule has 0 aromatic rings. The lowest BCUT2D eigenvalue weighted by molar-refractivity contribution is 0.192. The molecule has 0 aliphatic carbocycles. The van der Waals surface area contributed by atoms with Crippen LogP contribution in [-0.2, 0) is 4.74 Å². The number of nitrogens with zero attached hydrogens (tertiary/aromatic N) is 4. The minimum absolute atomic E-state index is 0.752. The summed E-state index contributed by atoms with van der Waals surface area (Å²) in [6, 6.07) is 0. The van der Waals surface area contributed by atoms with Gasteiger partial charge in [-0.2, -0.15) is 0 Å². The van der Waals surface area contributed by atoms with E-state index in [9.17, 15) is 0 Å². The largest absolute Gasteiger partial charge is 0.385 e. The Bertz CT molecular complexity index is 303. The molecule has 0 radical (unpaired) electrons. The molecule has 0 spiro atoms. The van der Waals surface area contributed by atoms with Crippen molar-refractivity contribution < 1.29 is 4.74 Å². The van der Waals surface area contributed by atoms with Gasteiger partial charge < -0.3 is 14.5 Å². The van der Waals surface area contributed by atoms with E-state index in [1.807, 2.05) is 17.4 Å². The van der Waals surface area contributed by atoms with E-state index < -0.39 is 0 Å². The highest BCUT2D eigenvalue weighted by Gasteiger charge is 1.97. The average molecular weight is 296 g/mol. The maximum absolute atomic E-state index is 5.05. The van der Waals surface area contributed by atoms with E-state index in [4.69, 9.17) is 4.74 Å². The molecule has 5 nitrogen and oxygen atoms in total. The van der Waals surface area contributed by atoms with Crippen LogP contribution in [0.2, 0.25) is 0 Å². The molecule has 0 atom stereocenters. The summed E-state index contributed by atoms with van der Waals surface area (Å²) >= 11 is 0. The van der Waals surface area contributed by atoms with Crippen LogP contribution in [-0.4, -0.2) is 69.4 Å². The molecule has 0 aromatic heterocycles. The van der Waals surface area contributed by atoms with Gasteiger partial charge in [-0.25, -0.2) is 4.99 Å². The Kier molecular flexibility index (Phi) is 14.3. The summed E-state index contributed by atoms with van der Waals surface area (Å²) in [4.78, 5) is 12.8. The lowest BCUT2D eigenvalue weighted by atomic mass is 10.3. The fraction of sp³-hybridized carbons (Fsp3) is 0.750. The smallest absolute Gasteiger partial charge is 0.0956 e. The Balaban J connectivity index is 3.99. The van der Waals surface area contributed by atoms with Crippen LogP contribution in [0.1, 0.15) is 33.1 Å². The van der Waals surface area contributed by atoms with Gasteiger partial charge in [0.15, 0.2) is 0 Å². The molecule has 0 aromatic carbocycles. The summed E-state index contributed by atoms with van der Waals surface area (Å²) in [7, 11) is 3.48. The molecule has 21 heavy (non-hydrogen) atoms. The quantitative estimate of drug-likeness (QED) is 0.298. The zero-order chi connectivity index (χ0) is 15.8. The van der Waals surface area contributed by atoms with Crippen molar-refractivity contribution in [3.63, 3.8) is 0 Å². The number of aliphatic imine (C=N–C) groups is 2. The first-order valence-electron chi connectivity index (χ1n) is 7.86. The third kappa shape index (κ3) is 12.3. The van der Waals surface area contributed by atoms with E-state index in [0.717, 1.165) is 39.1 Å². The van der Waals surface area contributed by atoms with Gasteiger partial charge in [0, 0.05) is 40.1 Å². The van der Waals surface area contributed by atoms with Crippen LogP contribution < -0.4 is 0 Å². The van der Waals surface area contributed by atoms with Crippen LogP contribution in [0.4, 0.5) is 0 Å². The third-order valence-corrected chi connectivity index (χ3v) is 3.03. The molecule has 0 N–H and O–H groups in total. The van der Waals surface area contributed by atoms with Gasteiger partial charge in [0.05, 0.1) is 12.7 Å². The van der Waals surface area contributed by atoms with Crippen molar-refractivity contribution in [1.29, 1.82) is 0 Å². The highest BCUT2D eigenvalue weighted by Crippen LogP contribution is 1.95. The molecule has 0 aliphatic rings. The third-order valence-electron chi connectivity index (χ3n) is 3.03. The van der Waals surface area contributed by atoms with Crippen molar-refractivity contribution in [2.45, 2.75) is 33.1 Å². The maximum Gasteiger partial charge on any atom is 0.0956 e. The summed E-state index contributed by atoms with van der Waals surface area (Å²) in [5, 5.41) is 0.